The molecule has 1 fully saturated rings. The van der Waals surface area contributed by atoms with Crippen LogP contribution < -0.4 is 5.32 Å². The Morgan fingerprint density at radius 2 is 2.15 bits per heavy atom. The van der Waals surface area contributed by atoms with Gasteiger partial charge in [0.25, 0.3) is 11.8 Å². The molecule has 0 saturated carbocycles. The fraction of sp³-hybridized carbons (Fsp3) is 0.133. The summed E-state index contributed by atoms with van der Waals surface area (Å²) in [7, 11) is 0. The fourth-order valence-corrected chi connectivity index (χ4v) is 2.17. The van der Waals surface area contributed by atoms with Crippen molar-refractivity contribution in [3.8, 4) is 0 Å². The highest BCUT2D eigenvalue weighted by Gasteiger charge is 2.32. The summed E-state index contributed by atoms with van der Waals surface area (Å²) in [6, 6.07) is 7.56. The molecule has 102 valence electrons. The van der Waals surface area contributed by atoms with Gasteiger partial charge in [0.1, 0.15) is 5.57 Å². The van der Waals surface area contributed by atoms with E-state index in [1.807, 2.05) is 31.2 Å². The van der Waals surface area contributed by atoms with Crippen molar-refractivity contribution in [2.75, 3.05) is 6.54 Å². The molecule has 0 bridgehead atoms. The van der Waals surface area contributed by atoms with Crippen LogP contribution in [0.25, 0.3) is 6.08 Å². The number of hydrogen-bond acceptors (Lipinski definition) is 3. The van der Waals surface area contributed by atoms with Crippen molar-refractivity contribution in [1.82, 2.24) is 10.2 Å². The van der Waals surface area contributed by atoms with Crippen LogP contribution in [0.1, 0.15) is 11.1 Å². The van der Waals surface area contributed by atoms with E-state index in [0.717, 1.165) is 11.1 Å². The summed E-state index contributed by atoms with van der Waals surface area (Å²) in [5.74, 6) is -0.873. The summed E-state index contributed by atoms with van der Waals surface area (Å²) in [5.41, 5.74) is 1.93. The fourth-order valence-electron chi connectivity index (χ4n) is 1.92. The minimum absolute atomic E-state index is 0.0750. The van der Waals surface area contributed by atoms with Gasteiger partial charge in [0, 0.05) is 6.54 Å². The molecule has 20 heavy (non-hydrogen) atoms. The van der Waals surface area contributed by atoms with Crippen molar-refractivity contribution < 1.29 is 9.59 Å². The van der Waals surface area contributed by atoms with Gasteiger partial charge < -0.3 is 0 Å². The first-order valence-electron chi connectivity index (χ1n) is 6.09. The van der Waals surface area contributed by atoms with Gasteiger partial charge >= 0.3 is 0 Å². The lowest BCUT2D eigenvalue weighted by Crippen LogP contribution is -2.53. The highest BCUT2D eigenvalue weighted by Crippen LogP contribution is 2.15. The standard InChI is InChI=1S/C15H14N2O2S/c1-3-7-17-14(19)12(13(18)16-15(17)20)9-11-6-4-5-10(2)8-11/h3-6,8-9H,1,7H2,2H3,(H,16,18,20)/b12-9+. The van der Waals surface area contributed by atoms with Crippen molar-refractivity contribution in [1.29, 1.82) is 0 Å². The first-order valence-corrected chi connectivity index (χ1v) is 6.50. The van der Waals surface area contributed by atoms with E-state index in [1.54, 1.807) is 12.2 Å². The number of amides is 2. The van der Waals surface area contributed by atoms with Crippen LogP contribution >= 0.6 is 12.2 Å². The summed E-state index contributed by atoms with van der Waals surface area (Å²) in [6.45, 7) is 5.79. The first-order chi connectivity index (χ1) is 9.52. The maximum atomic E-state index is 12.3. The molecule has 1 aromatic carbocycles. The lowest BCUT2D eigenvalue weighted by atomic mass is 10.1. The molecular formula is C15H14N2O2S. The van der Waals surface area contributed by atoms with Gasteiger partial charge in [0.15, 0.2) is 5.11 Å². The second kappa shape index (κ2) is 5.79. The monoisotopic (exact) mass is 286 g/mol. The molecule has 1 aromatic rings. The lowest BCUT2D eigenvalue weighted by molar-refractivity contribution is -0.128. The van der Waals surface area contributed by atoms with Gasteiger partial charge in [0.2, 0.25) is 0 Å². The predicted molar refractivity (Wildman–Crippen MR) is 81.8 cm³/mol. The number of thiocarbonyl (C=S) groups is 1. The van der Waals surface area contributed by atoms with Gasteiger partial charge in [0.05, 0.1) is 0 Å². The number of aryl methyl sites for hydroxylation is 1. The first kappa shape index (κ1) is 14.1. The summed E-state index contributed by atoms with van der Waals surface area (Å²) >= 11 is 4.98. The van der Waals surface area contributed by atoms with Crippen molar-refractivity contribution in [3.63, 3.8) is 0 Å². The quantitative estimate of drug-likeness (QED) is 0.399. The normalized spacial score (nSPS) is 17.4. The predicted octanol–water partition coefficient (Wildman–Crippen LogP) is 1.81. The van der Waals surface area contributed by atoms with Crippen molar-refractivity contribution in [2.24, 2.45) is 0 Å². The number of nitrogens with zero attached hydrogens (tertiary/aromatic N) is 1. The largest absolute Gasteiger partial charge is 0.298 e. The minimum Gasteiger partial charge on any atom is -0.298 e. The van der Waals surface area contributed by atoms with Gasteiger partial charge in [-0.05, 0) is 30.8 Å². The third-order valence-electron chi connectivity index (χ3n) is 2.85. The van der Waals surface area contributed by atoms with Crippen LogP contribution in [0.2, 0.25) is 0 Å². The number of nitrogens with one attached hydrogen (secondary N) is 1. The number of hydrogen-bond donors (Lipinski definition) is 1. The number of carbonyl (C=O) groups excluding carboxylic acids is 2. The number of rotatable bonds is 3. The van der Waals surface area contributed by atoms with Crippen molar-refractivity contribution >= 4 is 35.2 Å². The van der Waals surface area contributed by atoms with E-state index in [4.69, 9.17) is 12.2 Å². The Bertz CT molecular complexity index is 635. The average molecular weight is 286 g/mol. The van der Waals surface area contributed by atoms with Crippen LogP contribution in [0.5, 0.6) is 0 Å². The molecule has 0 unspecified atom stereocenters. The van der Waals surface area contributed by atoms with Crippen LogP contribution in [-0.4, -0.2) is 28.4 Å². The molecule has 1 heterocycles. The van der Waals surface area contributed by atoms with Gasteiger partial charge in [-0.15, -0.1) is 6.58 Å². The third kappa shape index (κ3) is 2.83. The van der Waals surface area contributed by atoms with Gasteiger partial charge in [-0.1, -0.05) is 35.9 Å². The zero-order chi connectivity index (χ0) is 14.7. The summed E-state index contributed by atoms with van der Waals surface area (Å²) in [6.07, 6.45) is 3.13. The molecule has 0 aromatic heterocycles. The SMILES string of the molecule is C=CCN1C(=O)/C(=C/c2cccc(C)c2)C(=O)NC1=S. The maximum absolute atomic E-state index is 12.3. The van der Waals surface area contributed by atoms with E-state index in [-0.39, 0.29) is 17.2 Å². The Kier molecular flexibility index (Phi) is 4.10. The molecule has 2 rings (SSSR count). The molecule has 5 heteroatoms. The molecule has 1 N–H and O–H groups in total. The van der Waals surface area contributed by atoms with E-state index < -0.39 is 11.8 Å². The van der Waals surface area contributed by atoms with E-state index in [9.17, 15) is 9.59 Å². The third-order valence-corrected chi connectivity index (χ3v) is 3.17. The maximum Gasteiger partial charge on any atom is 0.265 e. The van der Waals surface area contributed by atoms with Crippen LogP contribution in [0.3, 0.4) is 0 Å². The lowest BCUT2D eigenvalue weighted by Gasteiger charge is -2.27. The van der Waals surface area contributed by atoms with E-state index in [2.05, 4.69) is 11.9 Å². The van der Waals surface area contributed by atoms with Crippen LogP contribution in [0, 0.1) is 6.92 Å². The number of carbonyl (C=O) groups is 2. The molecule has 2 amide bonds. The molecule has 0 atom stereocenters. The van der Waals surface area contributed by atoms with Gasteiger partial charge in [-0.25, -0.2) is 0 Å². The molecule has 1 saturated heterocycles. The summed E-state index contributed by atoms with van der Waals surface area (Å²) < 4.78 is 0. The Labute approximate surface area is 122 Å². The molecule has 0 spiro atoms. The van der Waals surface area contributed by atoms with Crippen molar-refractivity contribution in [3.05, 3.63) is 53.6 Å². The Morgan fingerprint density at radius 1 is 1.40 bits per heavy atom. The van der Waals surface area contributed by atoms with Crippen LogP contribution in [0.15, 0.2) is 42.5 Å². The van der Waals surface area contributed by atoms with E-state index in [0.29, 0.717) is 0 Å². The average Bonchev–Trinajstić information content (AvgIpc) is 2.39. The van der Waals surface area contributed by atoms with Gasteiger partial charge in [-0.2, -0.15) is 0 Å². The van der Waals surface area contributed by atoms with Crippen LogP contribution in [0.4, 0.5) is 0 Å². The topological polar surface area (TPSA) is 49.4 Å². The zero-order valence-electron chi connectivity index (χ0n) is 11.1. The van der Waals surface area contributed by atoms with Crippen molar-refractivity contribution in [2.45, 2.75) is 6.92 Å². The van der Waals surface area contributed by atoms with Crippen LogP contribution in [-0.2, 0) is 9.59 Å². The molecular weight excluding hydrogens is 272 g/mol. The molecule has 0 aliphatic carbocycles. The van der Waals surface area contributed by atoms with E-state index in [1.165, 1.54) is 4.90 Å². The Hall–Kier alpha value is -2.27. The second-order valence-corrected chi connectivity index (χ2v) is 4.82. The summed E-state index contributed by atoms with van der Waals surface area (Å²) in [5, 5.41) is 2.62. The zero-order valence-corrected chi connectivity index (χ0v) is 11.9. The molecule has 1 aliphatic rings. The minimum atomic E-state index is -0.471. The highest BCUT2D eigenvalue weighted by molar-refractivity contribution is 7.80. The van der Waals surface area contributed by atoms with E-state index >= 15 is 0 Å². The number of benzene rings is 1. The second-order valence-electron chi connectivity index (χ2n) is 4.44. The van der Waals surface area contributed by atoms with Gasteiger partial charge in [-0.3, -0.25) is 19.8 Å². The Morgan fingerprint density at radius 3 is 2.80 bits per heavy atom. The molecule has 0 radical (unpaired) electrons. The molecule has 4 nitrogen and oxygen atoms in total. The Balaban J connectivity index is 2.38. The summed E-state index contributed by atoms with van der Waals surface area (Å²) in [4.78, 5) is 25.5. The smallest absolute Gasteiger partial charge is 0.265 e. The molecule has 1 aliphatic heterocycles. The highest BCUT2D eigenvalue weighted by atomic mass is 32.1.